The summed E-state index contributed by atoms with van der Waals surface area (Å²) in [5.74, 6) is 0.596. The summed E-state index contributed by atoms with van der Waals surface area (Å²) in [6.07, 6.45) is 5.25. The normalized spacial score (nSPS) is 17.5. The van der Waals surface area contributed by atoms with Gasteiger partial charge in [0.2, 0.25) is 0 Å². The summed E-state index contributed by atoms with van der Waals surface area (Å²) < 4.78 is 1.92. The molecule has 0 saturated carbocycles. The number of aromatic nitrogens is 4. The summed E-state index contributed by atoms with van der Waals surface area (Å²) in [5.41, 5.74) is 1.72. The molecule has 1 saturated heterocycles. The Bertz CT molecular complexity index is 926. The predicted octanol–water partition coefficient (Wildman–Crippen LogP) is 2.24. The number of hydrogen-bond acceptors (Lipinski definition) is 4. The molecule has 3 aromatic rings. The summed E-state index contributed by atoms with van der Waals surface area (Å²) in [6.45, 7) is 2.15. The molecule has 24 heavy (non-hydrogen) atoms. The highest BCUT2D eigenvalue weighted by molar-refractivity contribution is 5.99. The lowest BCUT2D eigenvalue weighted by Gasteiger charge is -2.22. The first-order valence-electron chi connectivity index (χ1n) is 7.95. The number of carbonyl (C=O) groups excluding carboxylic acids is 2. The third kappa shape index (κ3) is 2.29. The molecule has 0 aromatic carbocycles. The van der Waals surface area contributed by atoms with Gasteiger partial charge in [0.15, 0.2) is 17.3 Å². The zero-order valence-corrected chi connectivity index (χ0v) is 13.3. The van der Waals surface area contributed by atoms with Gasteiger partial charge in [-0.25, -0.2) is 0 Å². The summed E-state index contributed by atoms with van der Waals surface area (Å²) in [5, 5.41) is 8.47. The molecule has 0 spiro atoms. The van der Waals surface area contributed by atoms with Crippen LogP contribution in [0.2, 0.25) is 0 Å². The zero-order valence-electron chi connectivity index (χ0n) is 13.3. The van der Waals surface area contributed by atoms with E-state index in [2.05, 4.69) is 15.2 Å². The van der Waals surface area contributed by atoms with E-state index in [0.29, 0.717) is 17.8 Å². The molecule has 0 radical (unpaired) electrons. The number of ketones is 1. The van der Waals surface area contributed by atoms with Crippen LogP contribution in [-0.2, 0) is 0 Å². The third-order valence-corrected chi connectivity index (χ3v) is 4.47. The zero-order chi connectivity index (χ0) is 16.7. The molecule has 1 atom stereocenters. The standard InChI is InChI=1S/C17H17N5O2/c1-11(23)12-9-13(18-10-12)17(24)21-8-4-5-14(21)16-20-19-15-6-2-3-7-22(15)16/h2-3,6-7,9-10,14,18H,4-5,8H2,1H3. The summed E-state index contributed by atoms with van der Waals surface area (Å²) in [7, 11) is 0. The molecule has 3 aromatic heterocycles. The van der Waals surface area contributed by atoms with E-state index >= 15 is 0 Å². The Hall–Kier alpha value is -2.96. The van der Waals surface area contributed by atoms with Crippen LogP contribution in [0.4, 0.5) is 0 Å². The number of pyridine rings is 1. The second-order valence-electron chi connectivity index (χ2n) is 6.00. The summed E-state index contributed by atoms with van der Waals surface area (Å²) in [4.78, 5) is 29.0. The van der Waals surface area contributed by atoms with Gasteiger partial charge in [0.05, 0.1) is 6.04 Å². The largest absolute Gasteiger partial charge is 0.356 e. The van der Waals surface area contributed by atoms with E-state index in [9.17, 15) is 9.59 Å². The van der Waals surface area contributed by atoms with Gasteiger partial charge in [-0.15, -0.1) is 10.2 Å². The van der Waals surface area contributed by atoms with Gasteiger partial charge in [-0.1, -0.05) is 6.07 Å². The maximum Gasteiger partial charge on any atom is 0.270 e. The van der Waals surface area contributed by atoms with Crippen molar-refractivity contribution >= 4 is 17.3 Å². The Morgan fingerprint density at radius 2 is 2.17 bits per heavy atom. The topological polar surface area (TPSA) is 83.4 Å². The highest BCUT2D eigenvalue weighted by Crippen LogP contribution is 2.32. The van der Waals surface area contributed by atoms with Crippen LogP contribution in [0.5, 0.6) is 0 Å². The number of H-pyrrole nitrogens is 1. The van der Waals surface area contributed by atoms with Gasteiger partial charge in [-0.2, -0.15) is 0 Å². The van der Waals surface area contributed by atoms with Crippen LogP contribution in [0.15, 0.2) is 36.7 Å². The van der Waals surface area contributed by atoms with Gasteiger partial charge < -0.3 is 9.88 Å². The van der Waals surface area contributed by atoms with Crippen molar-refractivity contribution in [1.29, 1.82) is 0 Å². The molecule has 7 nitrogen and oxygen atoms in total. The lowest BCUT2D eigenvalue weighted by atomic mass is 10.2. The molecule has 4 heterocycles. The van der Waals surface area contributed by atoms with Gasteiger partial charge in [0.25, 0.3) is 5.91 Å². The van der Waals surface area contributed by atoms with Crippen molar-refractivity contribution in [3.05, 3.63) is 53.7 Å². The Kier molecular flexibility index (Phi) is 3.41. The SMILES string of the molecule is CC(=O)c1c[nH]c(C(=O)N2CCCC2c2nnc3ccccn23)c1. The minimum Gasteiger partial charge on any atom is -0.356 e. The first-order valence-corrected chi connectivity index (χ1v) is 7.95. The van der Waals surface area contributed by atoms with Gasteiger partial charge in [0, 0.05) is 24.5 Å². The number of nitrogens with one attached hydrogen (secondary N) is 1. The molecule has 4 rings (SSSR count). The van der Waals surface area contributed by atoms with Crippen LogP contribution in [0, 0.1) is 0 Å². The van der Waals surface area contributed by atoms with Gasteiger partial charge >= 0.3 is 0 Å². The molecular formula is C17H17N5O2. The molecule has 1 fully saturated rings. The molecule has 1 aliphatic heterocycles. The number of rotatable bonds is 3. The van der Waals surface area contributed by atoms with E-state index in [1.165, 1.54) is 6.92 Å². The van der Waals surface area contributed by atoms with Crippen molar-refractivity contribution in [2.45, 2.75) is 25.8 Å². The number of carbonyl (C=O) groups is 2. The molecule has 0 aliphatic carbocycles. The van der Waals surface area contributed by atoms with E-state index in [4.69, 9.17) is 0 Å². The number of likely N-dealkylation sites (tertiary alicyclic amines) is 1. The fourth-order valence-corrected chi connectivity index (χ4v) is 3.24. The number of fused-ring (bicyclic) bond motifs is 1. The van der Waals surface area contributed by atoms with E-state index in [-0.39, 0.29) is 17.7 Å². The summed E-state index contributed by atoms with van der Waals surface area (Å²) in [6, 6.07) is 7.22. The minimum atomic E-state index is -0.113. The van der Waals surface area contributed by atoms with Crippen LogP contribution >= 0.6 is 0 Å². The highest BCUT2D eigenvalue weighted by Gasteiger charge is 2.34. The molecule has 1 unspecified atom stereocenters. The number of hydrogen-bond donors (Lipinski definition) is 1. The van der Waals surface area contributed by atoms with Crippen LogP contribution in [0.3, 0.4) is 0 Å². The van der Waals surface area contributed by atoms with Crippen molar-refractivity contribution in [2.24, 2.45) is 0 Å². The van der Waals surface area contributed by atoms with Crippen LogP contribution in [-0.4, -0.2) is 42.7 Å². The van der Waals surface area contributed by atoms with Gasteiger partial charge in [-0.3, -0.25) is 14.0 Å². The van der Waals surface area contributed by atoms with Crippen LogP contribution in [0.1, 0.15) is 52.5 Å². The van der Waals surface area contributed by atoms with Crippen LogP contribution in [0.25, 0.3) is 5.65 Å². The van der Waals surface area contributed by atoms with Crippen molar-refractivity contribution < 1.29 is 9.59 Å². The number of nitrogens with zero attached hydrogens (tertiary/aromatic N) is 4. The number of amides is 1. The molecular weight excluding hydrogens is 306 g/mol. The molecule has 122 valence electrons. The van der Waals surface area contributed by atoms with Crippen molar-refractivity contribution in [3.63, 3.8) is 0 Å². The Labute approximate surface area is 138 Å². The number of aromatic amines is 1. The first kappa shape index (κ1) is 14.6. The summed E-state index contributed by atoms with van der Waals surface area (Å²) >= 11 is 0. The fourth-order valence-electron chi connectivity index (χ4n) is 3.24. The van der Waals surface area contributed by atoms with Crippen LogP contribution < -0.4 is 0 Å². The predicted molar refractivity (Wildman–Crippen MR) is 86.8 cm³/mol. The van der Waals surface area contributed by atoms with Crippen molar-refractivity contribution in [2.75, 3.05) is 6.54 Å². The van der Waals surface area contributed by atoms with Crippen molar-refractivity contribution in [3.8, 4) is 0 Å². The Morgan fingerprint density at radius 3 is 2.96 bits per heavy atom. The molecule has 7 heteroatoms. The number of Topliss-reactive ketones (excluding diaryl/α,β-unsaturated/α-hetero) is 1. The third-order valence-electron chi connectivity index (χ3n) is 4.47. The second kappa shape index (κ2) is 5.59. The van der Waals surface area contributed by atoms with E-state index in [1.54, 1.807) is 17.2 Å². The molecule has 0 bridgehead atoms. The van der Waals surface area contributed by atoms with Gasteiger partial charge in [-0.05, 0) is 38.0 Å². The molecule has 1 amide bonds. The van der Waals surface area contributed by atoms with E-state index in [1.807, 2.05) is 28.8 Å². The average molecular weight is 323 g/mol. The quantitative estimate of drug-likeness (QED) is 0.749. The van der Waals surface area contributed by atoms with E-state index < -0.39 is 0 Å². The van der Waals surface area contributed by atoms with Crippen molar-refractivity contribution in [1.82, 2.24) is 24.5 Å². The lowest BCUT2D eigenvalue weighted by Crippen LogP contribution is -2.31. The monoisotopic (exact) mass is 323 g/mol. The second-order valence-corrected chi connectivity index (χ2v) is 6.00. The maximum absolute atomic E-state index is 12.9. The molecule has 1 N–H and O–H groups in total. The highest BCUT2D eigenvalue weighted by atomic mass is 16.2. The maximum atomic E-state index is 12.9. The fraction of sp³-hybridized carbons (Fsp3) is 0.294. The Morgan fingerprint density at radius 1 is 1.29 bits per heavy atom. The lowest BCUT2D eigenvalue weighted by molar-refractivity contribution is 0.0724. The Balaban J connectivity index is 1.67. The van der Waals surface area contributed by atoms with E-state index in [0.717, 1.165) is 24.3 Å². The van der Waals surface area contributed by atoms with Gasteiger partial charge in [0.1, 0.15) is 5.69 Å². The molecule has 1 aliphatic rings. The average Bonchev–Trinajstić information content (AvgIpc) is 3.31. The first-order chi connectivity index (χ1) is 11.6. The minimum absolute atomic E-state index is 0.0632. The smallest absolute Gasteiger partial charge is 0.270 e.